The number of likely N-dealkylation sites (tertiary alicyclic amines) is 1. The molecule has 4 rings (SSSR count). The van der Waals surface area contributed by atoms with Crippen molar-refractivity contribution in [3.05, 3.63) is 30.1 Å². The first-order valence-corrected chi connectivity index (χ1v) is 8.98. The highest BCUT2D eigenvalue weighted by Gasteiger charge is 2.32. The molecule has 0 radical (unpaired) electrons. The summed E-state index contributed by atoms with van der Waals surface area (Å²) in [5, 5.41) is 13.0. The Hall–Kier alpha value is -2.41. The maximum atomic E-state index is 12.2. The summed E-state index contributed by atoms with van der Waals surface area (Å²) in [7, 11) is 0. The van der Waals surface area contributed by atoms with E-state index < -0.39 is 0 Å². The number of H-pyrrole nitrogens is 1. The third-order valence-electron chi connectivity index (χ3n) is 4.93. The van der Waals surface area contributed by atoms with Gasteiger partial charge in [-0.05, 0) is 56.9 Å². The van der Waals surface area contributed by atoms with Crippen LogP contribution < -0.4 is 10.6 Å². The molecule has 2 fully saturated rings. The first-order valence-electron chi connectivity index (χ1n) is 8.98. The fourth-order valence-electron chi connectivity index (χ4n) is 3.38. The van der Waals surface area contributed by atoms with E-state index in [4.69, 9.17) is 0 Å². The van der Waals surface area contributed by atoms with E-state index in [2.05, 4.69) is 30.7 Å². The number of aryl methyl sites for hydroxylation is 1. The van der Waals surface area contributed by atoms with Crippen LogP contribution in [0.5, 0.6) is 0 Å². The zero-order valence-electron chi connectivity index (χ0n) is 14.5. The fraction of sp³-hybridized carbons (Fsp3) is 0.500. The van der Waals surface area contributed by atoms with Crippen LogP contribution in [0.25, 0.3) is 11.4 Å². The molecule has 2 aromatic rings. The van der Waals surface area contributed by atoms with Crippen molar-refractivity contribution < 1.29 is 4.79 Å². The van der Waals surface area contributed by atoms with Crippen LogP contribution >= 0.6 is 0 Å². The second kappa shape index (κ2) is 6.84. The second-order valence-corrected chi connectivity index (χ2v) is 6.96. The van der Waals surface area contributed by atoms with Gasteiger partial charge in [-0.1, -0.05) is 0 Å². The van der Waals surface area contributed by atoms with Crippen LogP contribution in [-0.4, -0.2) is 51.3 Å². The van der Waals surface area contributed by atoms with E-state index in [9.17, 15) is 4.79 Å². The lowest BCUT2D eigenvalue weighted by molar-refractivity contribution is 0.189. The summed E-state index contributed by atoms with van der Waals surface area (Å²) in [5.74, 6) is 1.44. The molecular weight excluding hydrogens is 316 g/mol. The number of aromatic nitrogens is 3. The fourth-order valence-corrected chi connectivity index (χ4v) is 3.38. The van der Waals surface area contributed by atoms with Crippen molar-refractivity contribution in [3.8, 4) is 11.4 Å². The van der Waals surface area contributed by atoms with Gasteiger partial charge >= 0.3 is 6.03 Å². The normalized spacial score (nSPS) is 18.9. The van der Waals surface area contributed by atoms with Gasteiger partial charge in [0.15, 0.2) is 5.82 Å². The van der Waals surface area contributed by atoms with Gasteiger partial charge in [0.05, 0.1) is 0 Å². The van der Waals surface area contributed by atoms with E-state index in [0.717, 1.165) is 49.0 Å². The number of urea groups is 1. The standard InChI is InChI=1S/C18H24N6O/c1-12-19-17(23-22-12)13-2-4-14(5-3-13)20-18(25)21-15-8-10-24(11-9-15)16-6-7-16/h2-5,15-16H,6-11H2,1H3,(H,19,22,23)(H2,20,21,25). The number of hydrogen-bond donors (Lipinski definition) is 3. The number of carbonyl (C=O) groups is 1. The monoisotopic (exact) mass is 340 g/mol. The molecule has 7 nitrogen and oxygen atoms in total. The Bertz CT molecular complexity index is 728. The molecule has 2 heterocycles. The van der Waals surface area contributed by atoms with E-state index in [0.29, 0.717) is 5.82 Å². The Labute approximate surface area is 147 Å². The number of amides is 2. The van der Waals surface area contributed by atoms with Crippen molar-refractivity contribution in [3.63, 3.8) is 0 Å². The van der Waals surface area contributed by atoms with Gasteiger partial charge in [-0.3, -0.25) is 5.10 Å². The van der Waals surface area contributed by atoms with E-state index in [-0.39, 0.29) is 12.1 Å². The average Bonchev–Trinajstić information content (AvgIpc) is 3.37. The number of aromatic amines is 1. The molecule has 2 amide bonds. The van der Waals surface area contributed by atoms with E-state index >= 15 is 0 Å². The quantitative estimate of drug-likeness (QED) is 0.798. The summed E-state index contributed by atoms with van der Waals surface area (Å²) in [6.45, 7) is 4.06. The summed E-state index contributed by atoms with van der Waals surface area (Å²) in [6, 6.07) is 8.52. The number of piperidine rings is 1. The minimum Gasteiger partial charge on any atom is -0.335 e. The molecule has 1 saturated carbocycles. The molecule has 25 heavy (non-hydrogen) atoms. The number of benzene rings is 1. The highest BCUT2D eigenvalue weighted by atomic mass is 16.2. The first kappa shape index (κ1) is 16.1. The maximum absolute atomic E-state index is 12.2. The summed E-state index contributed by atoms with van der Waals surface area (Å²) < 4.78 is 0. The Kier molecular flexibility index (Phi) is 4.40. The van der Waals surface area contributed by atoms with E-state index in [1.54, 1.807) is 0 Å². The molecule has 7 heteroatoms. The zero-order valence-corrected chi connectivity index (χ0v) is 14.5. The number of nitrogens with zero attached hydrogens (tertiary/aromatic N) is 3. The van der Waals surface area contributed by atoms with Crippen LogP contribution in [0.1, 0.15) is 31.5 Å². The number of nitrogens with one attached hydrogen (secondary N) is 3. The lowest BCUT2D eigenvalue weighted by atomic mass is 10.1. The van der Waals surface area contributed by atoms with Crippen LogP contribution in [0.3, 0.4) is 0 Å². The van der Waals surface area contributed by atoms with Crippen molar-refractivity contribution in [1.82, 2.24) is 25.4 Å². The van der Waals surface area contributed by atoms with E-state index in [1.807, 2.05) is 31.2 Å². The average molecular weight is 340 g/mol. The van der Waals surface area contributed by atoms with Crippen LogP contribution in [0.15, 0.2) is 24.3 Å². The minimum absolute atomic E-state index is 0.133. The Morgan fingerprint density at radius 1 is 1.16 bits per heavy atom. The largest absolute Gasteiger partial charge is 0.335 e. The van der Waals surface area contributed by atoms with Gasteiger partial charge in [0.25, 0.3) is 0 Å². The molecule has 1 aromatic carbocycles. The Morgan fingerprint density at radius 2 is 1.88 bits per heavy atom. The van der Waals surface area contributed by atoms with E-state index in [1.165, 1.54) is 12.8 Å². The van der Waals surface area contributed by atoms with Gasteiger partial charge in [-0.25, -0.2) is 9.78 Å². The van der Waals surface area contributed by atoms with Crippen molar-refractivity contribution in [2.24, 2.45) is 0 Å². The molecule has 132 valence electrons. The molecular formula is C18H24N6O. The van der Waals surface area contributed by atoms with Gasteiger partial charge in [-0.15, -0.1) is 0 Å². The molecule has 0 spiro atoms. The van der Waals surface area contributed by atoms with Crippen LogP contribution in [0.2, 0.25) is 0 Å². The predicted molar refractivity (Wildman–Crippen MR) is 96.3 cm³/mol. The molecule has 1 aromatic heterocycles. The second-order valence-electron chi connectivity index (χ2n) is 6.96. The van der Waals surface area contributed by atoms with Crippen LogP contribution in [0, 0.1) is 6.92 Å². The van der Waals surface area contributed by atoms with Gasteiger partial charge in [0.2, 0.25) is 0 Å². The number of carbonyl (C=O) groups excluding carboxylic acids is 1. The summed E-state index contributed by atoms with van der Waals surface area (Å²) >= 11 is 0. The topological polar surface area (TPSA) is 85.9 Å². The highest BCUT2D eigenvalue weighted by Crippen LogP contribution is 2.29. The molecule has 1 saturated heterocycles. The van der Waals surface area contributed by atoms with Gasteiger partial charge in [-0.2, -0.15) is 5.10 Å². The minimum atomic E-state index is -0.133. The maximum Gasteiger partial charge on any atom is 0.319 e. The Morgan fingerprint density at radius 3 is 2.48 bits per heavy atom. The van der Waals surface area contributed by atoms with Crippen molar-refractivity contribution >= 4 is 11.7 Å². The van der Waals surface area contributed by atoms with Gasteiger partial charge in [0.1, 0.15) is 5.82 Å². The van der Waals surface area contributed by atoms with Crippen LogP contribution in [-0.2, 0) is 0 Å². The molecule has 0 unspecified atom stereocenters. The van der Waals surface area contributed by atoms with Crippen molar-refractivity contribution in [1.29, 1.82) is 0 Å². The van der Waals surface area contributed by atoms with Crippen LogP contribution in [0.4, 0.5) is 10.5 Å². The Balaban J connectivity index is 1.27. The zero-order chi connectivity index (χ0) is 17.2. The predicted octanol–water partition coefficient (Wildman–Crippen LogP) is 2.53. The summed E-state index contributed by atoms with van der Waals surface area (Å²) in [5.41, 5.74) is 1.69. The van der Waals surface area contributed by atoms with Crippen molar-refractivity contribution in [2.45, 2.75) is 44.7 Å². The molecule has 1 aliphatic carbocycles. The van der Waals surface area contributed by atoms with Gasteiger partial charge in [0, 0.05) is 36.4 Å². The lowest BCUT2D eigenvalue weighted by Crippen LogP contribution is -2.46. The smallest absolute Gasteiger partial charge is 0.319 e. The van der Waals surface area contributed by atoms with Gasteiger partial charge < -0.3 is 15.5 Å². The molecule has 0 atom stereocenters. The number of hydrogen-bond acceptors (Lipinski definition) is 4. The molecule has 0 bridgehead atoms. The van der Waals surface area contributed by atoms with Crippen molar-refractivity contribution in [2.75, 3.05) is 18.4 Å². The third kappa shape index (κ3) is 3.99. The SMILES string of the molecule is Cc1nc(-c2ccc(NC(=O)NC3CCN(C4CC4)CC3)cc2)n[nH]1. The molecule has 2 aliphatic rings. The highest BCUT2D eigenvalue weighted by molar-refractivity contribution is 5.89. The summed E-state index contributed by atoms with van der Waals surface area (Å²) in [6.07, 6.45) is 4.77. The first-order chi connectivity index (χ1) is 12.2. The lowest BCUT2D eigenvalue weighted by Gasteiger charge is -2.32. The number of anilines is 1. The third-order valence-corrected chi connectivity index (χ3v) is 4.93. The molecule has 3 N–H and O–H groups in total. The number of rotatable bonds is 4. The molecule has 1 aliphatic heterocycles. The summed E-state index contributed by atoms with van der Waals surface area (Å²) in [4.78, 5) is 19.1.